The Morgan fingerprint density at radius 3 is 2.71 bits per heavy atom. The monoisotopic (exact) mass is 469 g/mol. The van der Waals surface area contributed by atoms with Gasteiger partial charge >= 0.3 is 6.09 Å². The van der Waals surface area contributed by atoms with E-state index in [0.29, 0.717) is 25.3 Å². The maximum absolute atomic E-state index is 15.1. The third kappa shape index (κ3) is 5.09. The molecule has 2 aromatic rings. The van der Waals surface area contributed by atoms with Gasteiger partial charge in [-0.25, -0.2) is 9.18 Å². The molecule has 0 radical (unpaired) electrons. The van der Waals surface area contributed by atoms with Gasteiger partial charge in [-0.3, -0.25) is 14.6 Å². The minimum absolute atomic E-state index is 0.0469. The number of benzene rings is 2. The zero-order valence-electron chi connectivity index (χ0n) is 19.0. The molecule has 2 aromatic carbocycles. The van der Waals surface area contributed by atoms with Crippen LogP contribution in [-0.2, 0) is 16.1 Å². The van der Waals surface area contributed by atoms with E-state index in [4.69, 9.17) is 10.1 Å². The molecule has 180 valence electrons. The molecule has 0 unspecified atom stereocenters. The summed E-state index contributed by atoms with van der Waals surface area (Å²) in [6.45, 7) is 3.77. The van der Waals surface area contributed by atoms with Gasteiger partial charge in [0.15, 0.2) is 11.5 Å². The Morgan fingerprint density at radius 2 is 2.03 bits per heavy atom. The largest absolute Gasteiger partial charge is 0.627 e. The standard InChI is InChI=1S/C24H28FN5O4/c1-17(31)27-14-21-16-29(24(32)34-21)20-6-7-23(22(25)12-20)30(33)10-8-28(9-11-30)15-19-5-3-2-4-18(19)13-26/h2-7,12-13,21,26H,8-11,14-16H2,1H3,(H,27,31)/t21-/m0/s1. The SMILES string of the molecule is CC(=O)NC[C@H]1CN(c2ccc([N+]3([O-])CCN(Cc4ccccc4C=N)CC3)c(F)c2)C(=O)O1. The van der Waals surface area contributed by atoms with E-state index in [-0.39, 0.29) is 37.8 Å². The molecule has 2 heterocycles. The van der Waals surface area contributed by atoms with Crippen LogP contribution in [-0.4, -0.2) is 68.5 Å². The van der Waals surface area contributed by atoms with Crippen LogP contribution in [0.3, 0.4) is 0 Å². The Morgan fingerprint density at radius 1 is 1.29 bits per heavy atom. The van der Waals surface area contributed by atoms with Gasteiger partial charge in [0.05, 0.1) is 31.9 Å². The topological polar surface area (TPSA) is 109 Å². The Hall–Kier alpha value is -3.34. The van der Waals surface area contributed by atoms with Crippen molar-refractivity contribution in [2.45, 2.75) is 19.6 Å². The van der Waals surface area contributed by atoms with Crippen LogP contribution in [0.5, 0.6) is 0 Å². The summed E-state index contributed by atoms with van der Waals surface area (Å²) >= 11 is 0. The zero-order chi connectivity index (χ0) is 24.3. The van der Waals surface area contributed by atoms with E-state index in [0.717, 1.165) is 11.1 Å². The molecule has 0 saturated carbocycles. The fourth-order valence-electron chi connectivity index (χ4n) is 4.38. The van der Waals surface area contributed by atoms with Crippen LogP contribution in [0.1, 0.15) is 18.1 Å². The average Bonchev–Trinajstić information content (AvgIpc) is 3.20. The number of nitrogens with one attached hydrogen (secondary N) is 2. The second-order valence-electron chi connectivity index (χ2n) is 8.65. The molecule has 2 aliphatic heterocycles. The van der Waals surface area contributed by atoms with Gasteiger partial charge in [0.2, 0.25) is 5.91 Å². The summed E-state index contributed by atoms with van der Waals surface area (Å²) in [4.78, 5) is 26.7. The maximum Gasteiger partial charge on any atom is 0.414 e. The number of halogens is 1. The summed E-state index contributed by atoms with van der Waals surface area (Å²) in [6.07, 6.45) is 0.178. The second-order valence-corrected chi connectivity index (χ2v) is 8.65. The van der Waals surface area contributed by atoms with Gasteiger partial charge in [-0.15, -0.1) is 0 Å². The lowest BCUT2D eigenvalue weighted by Crippen LogP contribution is -2.57. The van der Waals surface area contributed by atoms with Crippen molar-refractivity contribution in [1.82, 2.24) is 14.9 Å². The molecule has 9 nitrogen and oxygen atoms in total. The molecule has 2 amide bonds. The highest BCUT2D eigenvalue weighted by Crippen LogP contribution is 2.32. The van der Waals surface area contributed by atoms with Crippen LogP contribution in [0.15, 0.2) is 42.5 Å². The lowest BCUT2D eigenvalue weighted by molar-refractivity contribution is -0.119. The first-order valence-corrected chi connectivity index (χ1v) is 11.2. The molecule has 0 bridgehead atoms. The normalized spacial score (nSPS) is 20.1. The molecule has 0 aromatic heterocycles. The second kappa shape index (κ2) is 9.88. The van der Waals surface area contributed by atoms with E-state index in [9.17, 15) is 14.8 Å². The summed E-state index contributed by atoms with van der Waals surface area (Å²) < 4.78 is 19.5. The molecule has 2 N–H and O–H groups in total. The summed E-state index contributed by atoms with van der Waals surface area (Å²) in [5, 5.41) is 23.6. The van der Waals surface area contributed by atoms with Gasteiger partial charge in [0, 0.05) is 44.9 Å². The van der Waals surface area contributed by atoms with Crippen molar-refractivity contribution in [2.24, 2.45) is 0 Å². The Bertz CT molecular complexity index is 1090. The fraction of sp³-hybridized carbons (Fsp3) is 0.375. The number of ether oxygens (including phenoxy) is 1. The summed E-state index contributed by atoms with van der Waals surface area (Å²) in [5.74, 6) is -0.887. The number of cyclic esters (lactones) is 1. The van der Waals surface area contributed by atoms with Crippen molar-refractivity contribution in [3.8, 4) is 0 Å². The van der Waals surface area contributed by atoms with Crippen molar-refractivity contribution in [3.63, 3.8) is 0 Å². The highest BCUT2D eigenvalue weighted by Gasteiger charge is 2.35. The zero-order valence-corrected chi connectivity index (χ0v) is 19.0. The summed E-state index contributed by atoms with van der Waals surface area (Å²) in [7, 11) is 0. The molecule has 0 spiro atoms. The summed E-state index contributed by atoms with van der Waals surface area (Å²) in [6, 6.07) is 11.9. The first kappa shape index (κ1) is 23.8. The van der Waals surface area contributed by atoms with Gasteiger partial charge in [0.1, 0.15) is 6.10 Å². The molecular formula is C24H28FN5O4. The minimum Gasteiger partial charge on any atom is -0.627 e. The third-order valence-corrected chi connectivity index (χ3v) is 6.29. The van der Waals surface area contributed by atoms with E-state index in [2.05, 4.69) is 10.2 Å². The predicted octanol–water partition coefficient (Wildman–Crippen LogP) is 2.61. The number of quaternary nitrogens is 1. The third-order valence-electron chi connectivity index (χ3n) is 6.29. The van der Waals surface area contributed by atoms with Crippen LogP contribution >= 0.6 is 0 Å². The lowest BCUT2D eigenvalue weighted by atomic mass is 10.1. The van der Waals surface area contributed by atoms with Crippen LogP contribution in [0.25, 0.3) is 0 Å². The number of carbonyl (C=O) groups excluding carboxylic acids is 2. The van der Waals surface area contributed by atoms with Crippen molar-refractivity contribution >= 4 is 29.6 Å². The van der Waals surface area contributed by atoms with Crippen LogP contribution in [0.2, 0.25) is 0 Å². The van der Waals surface area contributed by atoms with Gasteiger partial charge in [-0.05, 0) is 17.2 Å². The van der Waals surface area contributed by atoms with E-state index in [1.165, 1.54) is 30.2 Å². The Balaban J connectivity index is 1.40. The van der Waals surface area contributed by atoms with Crippen molar-refractivity contribution in [2.75, 3.05) is 44.2 Å². The molecular weight excluding hydrogens is 441 g/mol. The van der Waals surface area contributed by atoms with Crippen molar-refractivity contribution in [1.29, 1.82) is 5.41 Å². The number of rotatable bonds is 7. The molecule has 0 aliphatic carbocycles. The van der Waals surface area contributed by atoms with E-state index in [1.807, 2.05) is 24.3 Å². The van der Waals surface area contributed by atoms with Gasteiger partial charge in [-0.2, -0.15) is 0 Å². The van der Waals surface area contributed by atoms with Gasteiger partial charge in [0.25, 0.3) is 0 Å². The van der Waals surface area contributed by atoms with Gasteiger partial charge in [-0.1, -0.05) is 24.3 Å². The summed E-state index contributed by atoms with van der Waals surface area (Å²) in [5.41, 5.74) is 2.22. The Kier molecular flexibility index (Phi) is 6.92. The molecule has 10 heteroatoms. The first-order chi connectivity index (χ1) is 16.3. The number of anilines is 1. The number of hydroxylamine groups is 2. The molecule has 2 aliphatic rings. The highest BCUT2D eigenvalue weighted by molar-refractivity contribution is 5.90. The van der Waals surface area contributed by atoms with Crippen LogP contribution in [0.4, 0.5) is 20.6 Å². The molecule has 4 rings (SSSR count). The van der Waals surface area contributed by atoms with E-state index >= 15 is 4.39 Å². The predicted molar refractivity (Wildman–Crippen MR) is 127 cm³/mol. The molecule has 34 heavy (non-hydrogen) atoms. The quantitative estimate of drug-likeness (QED) is 0.368. The molecule has 2 fully saturated rings. The van der Waals surface area contributed by atoms with Gasteiger partial charge < -0.3 is 25.3 Å². The fourth-order valence-corrected chi connectivity index (χ4v) is 4.38. The van der Waals surface area contributed by atoms with E-state index in [1.54, 1.807) is 6.07 Å². The average molecular weight is 470 g/mol. The number of amides is 2. The number of piperazine rings is 1. The first-order valence-electron chi connectivity index (χ1n) is 11.2. The maximum atomic E-state index is 15.1. The lowest BCUT2D eigenvalue weighted by Gasteiger charge is -2.47. The number of hydrogen-bond donors (Lipinski definition) is 2. The van der Waals surface area contributed by atoms with E-state index < -0.39 is 22.7 Å². The Labute approximate surface area is 197 Å². The van der Waals surface area contributed by atoms with Crippen molar-refractivity contribution < 1.29 is 18.7 Å². The number of nitrogens with zero attached hydrogens (tertiary/aromatic N) is 3. The minimum atomic E-state index is -0.773. The highest BCUT2D eigenvalue weighted by atomic mass is 19.1. The number of carbonyl (C=O) groups is 2. The molecule has 2 saturated heterocycles. The van der Waals surface area contributed by atoms with Crippen molar-refractivity contribution in [3.05, 3.63) is 64.6 Å². The smallest absolute Gasteiger partial charge is 0.414 e. The molecule has 1 atom stereocenters. The number of hydrogen-bond acceptors (Lipinski definition) is 6. The van der Waals surface area contributed by atoms with Crippen LogP contribution in [0, 0.1) is 16.4 Å². The van der Waals surface area contributed by atoms with Crippen LogP contribution < -0.4 is 14.9 Å².